The van der Waals surface area contributed by atoms with Gasteiger partial charge in [-0.2, -0.15) is 0 Å². The van der Waals surface area contributed by atoms with Crippen LogP contribution in [0.25, 0.3) is 10.8 Å². The summed E-state index contributed by atoms with van der Waals surface area (Å²) in [5.74, 6) is 0. The maximum Gasteiger partial charge on any atom is 0.271 e. The van der Waals surface area contributed by atoms with Gasteiger partial charge in [0.2, 0.25) is 0 Å². The fourth-order valence-corrected chi connectivity index (χ4v) is 3.40. The first kappa shape index (κ1) is 15.8. The molecule has 7 nitrogen and oxygen atoms in total. The zero-order chi connectivity index (χ0) is 17.3. The summed E-state index contributed by atoms with van der Waals surface area (Å²) in [7, 11) is -3.92. The molecule has 0 heterocycles. The van der Waals surface area contributed by atoms with Gasteiger partial charge in [0.25, 0.3) is 15.7 Å². The number of anilines is 2. The first-order valence-electron chi connectivity index (χ1n) is 6.92. The summed E-state index contributed by atoms with van der Waals surface area (Å²) in [4.78, 5) is 10.3. The second kappa shape index (κ2) is 5.82. The number of nitrogens with one attached hydrogen (secondary N) is 1. The van der Waals surface area contributed by atoms with Crippen molar-refractivity contribution in [2.75, 3.05) is 10.5 Å². The lowest BCUT2D eigenvalue weighted by atomic mass is 10.1. The van der Waals surface area contributed by atoms with Crippen molar-refractivity contribution in [2.45, 2.75) is 4.90 Å². The van der Waals surface area contributed by atoms with Crippen molar-refractivity contribution in [3.05, 3.63) is 70.8 Å². The Balaban J connectivity index is 2.01. The van der Waals surface area contributed by atoms with Gasteiger partial charge in [0.1, 0.15) is 0 Å². The second-order valence-electron chi connectivity index (χ2n) is 5.14. The van der Waals surface area contributed by atoms with E-state index in [1.165, 1.54) is 24.3 Å². The number of hydrogen-bond acceptors (Lipinski definition) is 5. The highest BCUT2D eigenvalue weighted by Gasteiger charge is 2.18. The number of nitrogen functional groups attached to an aromatic ring is 1. The molecule has 0 aliphatic heterocycles. The molecule has 3 aromatic carbocycles. The number of fused-ring (bicyclic) bond motifs is 1. The first-order valence-corrected chi connectivity index (χ1v) is 8.41. The molecular weight excluding hydrogens is 330 g/mol. The second-order valence-corrected chi connectivity index (χ2v) is 6.83. The molecule has 24 heavy (non-hydrogen) atoms. The van der Waals surface area contributed by atoms with Crippen molar-refractivity contribution in [1.29, 1.82) is 0 Å². The molecule has 122 valence electrons. The van der Waals surface area contributed by atoms with Crippen LogP contribution in [0.4, 0.5) is 17.1 Å². The van der Waals surface area contributed by atoms with Gasteiger partial charge in [0.05, 0.1) is 21.2 Å². The topological polar surface area (TPSA) is 115 Å². The monoisotopic (exact) mass is 343 g/mol. The Hall–Kier alpha value is -3.13. The summed E-state index contributed by atoms with van der Waals surface area (Å²) in [6.45, 7) is 0. The van der Waals surface area contributed by atoms with Gasteiger partial charge in [-0.3, -0.25) is 14.8 Å². The van der Waals surface area contributed by atoms with Crippen LogP contribution >= 0.6 is 0 Å². The van der Waals surface area contributed by atoms with E-state index in [-0.39, 0.29) is 22.0 Å². The normalized spacial score (nSPS) is 11.3. The van der Waals surface area contributed by atoms with Gasteiger partial charge in [0, 0.05) is 12.1 Å². The van der Waals surface area contributed by atoms with E-state index in [9.17, 15) is 18.5 Å². The molecule has 0 spiro atoms. The number of nitrogens with two attached hydrogens (primary N) is 1. The zero-order valence-corrected chi connectivity index (χ0v) is 13.2. The third-order valence-corrected chi connectivity index (χ3v) is 4.89. The van der Waals surface area contributed by atoms with Gasteiger partial charge in [0.15, 0.2) is 0 Å². The Kier molecular flexibility index (Phi) is 3.82. The van der Waals surface area contributed by atoms with Crippen LogP contribution in [0.15, 0.2) is 65.6 Å². The van der Waals surface area contributed by atoms with E-state index < -0.39 is 14.9 Å². The van der Waals surface area contributed by atoms with Crippen LogP contribution < -0.4 is 10.5 Å². The van der Waals surface area contributed by atoms with Gasteiger partial charge in [-0.25, -0.2) is 8.42 Å². The molecule has 0 amide bonds. The molecule has 0 aliphatic carbocycles. The van der Waals surface area contributed by atoms with Crippen molar-refractivity contribution in [3.63, 3.8) is 0 Å². The van der Waals surface area contributed by atoms with Crippen molar-refractivity contribution in [1.82, 2.24) is 0 Å². The Morgan fingerprint density at radius 2 is 1.67 bits per heavy atom. The minimum absolute atomic E-state index is 0.0302. The summed E-state index contributed by atoms with van der Waals surface area (Å²) in [5, 5.41) is 12.5. The largest absolute Gasteiger partial charge is 0.397 e. The third kappa shape index (κ3) is 2.99. The van der Waals surface area contributed by atoms with E-state index in [0.29, 0.717) is 0 Å². The van der Waals surface area contributed by atoms with Crippen LogP contribution in [0.5, 0.6) is 0 Å². The van der Waals surface area contributed by atoms with Crippen LogP contribution in [-0.2, 0) is 10.0 Å². The molecule has 8 heteroatoms. The number of benzene rings is 3. The van der Waals surface area contributed by atoms with Gasteiger partial charge >= 0.3 is 0 Å². The lowest BCUT2D eigenvalue weighted by Crippen LogP contribution is -2.14. The average Bonchev–Trinajstić information content (AvgIpc) is 2.56. The van der Waals surface area contributed by atoms with Crippen LogP contribution in [0.1, 0.15) is 0 Å². The van der Waals surface area contributed by atoms with Crippen molar-refractivity contribution in [3.8, 4) is 0 Å². The van der Waals surface area contributed by atoms with Crippen molar-refractivity contribution >= 4 is 37.9 Å². The summed E-state index contributed by atoms with van der Waals surface area (Å²) in [5.41, 5.74) is 5.54. The zero-order valence-electron chi connectivity index (χ0n) is 12.3. The van der Waals surface area contributed by atoms with Crippen molar-refractivity contribution in [2.24, 2.45) is 0 Å². The lowest BCUT2D eigenvalue weighted by molar-refractivity contribution is -0.384. The number of nitrogens with zero attached hydrogens (tertiary/aromatic N) is 1. The molecule has 0 unspecified atom stereocenters. The minimum Gasteiger partial charge on any atom is -0.397 e. The fourth-order valence-electron chi connectivity index (χ4n) is 2.28. The Morgan fingerprint density at radius 3 is 2.38 bits per heavy atom. The van der Waals surface area contributed by atoms with Crippen LogP contribution in [-0.4, -0.2) is 13.3 Å². The summed E-state index contributed by atoms with van der Waals surface area (Å²) >= 11 is 0. The predicted octanol–water partition coefficient (Wildman–Crippen LogP) is 3.13. The smallest absolute Gasteiger partial charge is 0.271 e. The Bertz CT molecular complexity index is 1050. The molecule has 0 aliphatic rings. The van der Waals surface area contributed by atoms with Gasteiger partial charge in [-0.05, 0) is 29.0 Å². The Morgan fingerprint density at radius 1 is 0.958 bits per heavy atom. The van der Waals surface area contributed by atoms with E-state index in [0.717, 1.165) is 16.8 Å². The molecule has 0 fully saturated rings. The van der Waals surface area contributed by atoms with Gasteiger partial charge in [-0.1, -0.05) is 30.3 Å². The molecule has 0 bridgehead atoms. The predicted molar refractivity (Wildman–Crippen MR) is 92.3 cm³/mol. The number of hydrogen-bond donors (Lipinski definition) is 2. The lowest BCUT2D eigenvalue weighted by Gasteiger charge is -2.11. The van der Waals surface area contributed by atoms with Gasteiger partial charge in [-0.15, -0.1) is 0 Å². The molecule has 0 saturated carbocycles. The Labute approximate surface area is 137 Å². The first-order chi connectivity index (χ1) is 11.4. The van der Waals surface area contributed by atoms with E-state index in [4.69, 9.17) is 5.73 Å². The molecule has 3 rings (SSSR count). The average molecular weight is 343 g/mol. The highest BCUT2D eigenvalue weighted by Crippen LogP contribution is 2.27. The summed E-state index contributed by atoms with van der Waals surface area (Å²) in [6, 6.07) is 15.6. The molecule has 3 aromatic rings. The number of non-ortho nitro benzene ring substituents is 1. The highest BCUT2D eigenvalue weighted by molar-refractivity contribution is 7.92. The van der Waals surface area contributed by atoms with E-state index in [2.05, 4.69) is 4.72 Å². The molecular formula is C16H13N3O4S. The van der Waals surface area contributed by atoms with E-state index >= 15 is 0 Å². The van der Waals surface area contributed by atoms with Crippen LogP contribution in [0, 0.1) is 10.1 Å². The van der Waals surface area contributed by atoms with E-state index in [1.54, 1.807) is 12.1 Å². The highest BCUT2D eigenvalue weighted by atomic mass is 32.2. The molecule has 0 saturated heterocycles. The van der Waals surface area contributed by atoms with Gasteiger partial charge < -0.3 is 5.73 Å². The third-order valence-electron chi connectivity index (χ3n) is 3.52. The minimum atomic E-state index is -3.92. The summed E-state index contributed by atoms with van der Waals surface area (Å²) in [6.07, 6.45) is 0. The molecule has 0 radical (unpaired) electrons. The fraction of sp³-hybridized carbons (Fsp3) is 0. The SMILES string of the molecule is Nc1ccc([N+](=O)[O-])cc1NS(=O)(=O)c1ccc2ccccc2c1. The maximum atomic E-state index is 12.5. The quantitative estimate of drug-likeness (QED) is 0.429. The number of rotatable bonds is 4. The van der Waals surface area contributed by atoms with E-state index in [1.807, 2.05) is 18.2 Å². The molecule has 0 atom stereocenters. The number of nitro benzene ring substituents is 1. The molecule has 3 N–H and O–H groups in total. The van der Waals surface area contributed by atoms with Crippen LogP contribution in [0.3, 0.4) is 0 Å². The summed E-state index contributed by atoms with van der Waals surface area (Å²) < 4.78 is 27.4. The molecule has 0 aromatic heterocycles. The number of nitro groups is 1. The number of sulfonamides is 1. The maximum absolute atomic E-state index is 12.5. The van der Waals surface area contributed by atoms with Crippen LogP contribution in [0.2, 0.25) is 0 Å². The standard InChI is InChI=1S/C16H13N3O4S/c17-15-8-6-13(19(20)21)10-16(15)18-24(22,23)14-7-5-11-3-1-2-4-12(11)9-14/h1-10,18H,17H2. The van der Waals surface area contributed by atoms with Crippen molar-refractivity contribution < 1.29 is 13.3 Å².